The minimum Gasteiger partial charge on any atom is -0.338 e. The van der Waals surface area contributed by atoms with Crippen LogP contribution in [0.5, 0.6) is 0 Å². The molecule has 0 bridgehead atoms. The number of hydrogen-bond acceptors (Lipinski definition) is 1. The summed E-state index contributed by atoms with van der Waals surface area (Å²) in [6, 6.07) is 7.15. The largest absolute Gasteiger partial charge is 0.338 e. The van der Waals surface area contributed by atoms with E-state index in [1.54, 1.807) is 0 Å². The van der Waals surface area contributed by atoms with Gasteiger partial charge >= 0.3 is 0 Å². The van der Waals surface area contributed by atoms with Crippen LogP contribution in [0.25, 0.3) is 11.0 Å². The second-order valence-corrected chi connectivity index (χ2v) is 4.26. The molecule has 0 saturated carbocycles. The van der Waals surface area contributed by atoms with Gasteiger partial charge in [0.1, 0.15) is 12.6 Å². The topological polar surface area (TPSA) is 20.8 Å². The van der Waals surface area contributed by atoms with Gasteiger partial charge in [-0.1, -0.05) is 0 Å². The summed E-state index contributed by atoms with van der Waals surface area (Å²) >= 11 is 0. The fourth-order valence-corrected chi connectivity index (χ4v) is 2.46. The van der Waals surface area contributed by atoms with Gasteiger partial charge in [-0.25, -0.2) is 0 Å². The molecule has 1 saturated heterocycles. The van der Waals surface area contributed by atoms with E-state index in [0.717, 1.165) is 13.1 Å². The Hall–Kier alpha value is -1.35. The lowest BCUT2D eigenvalue weighted by Gasteiger charge is -2.11. The number of aromatic nitrogens is 2. The van der Waals surface area contributed by atoms with Crippen molar-refractivity contribution in [2.24, 2.45) is 7.05 Å². The van der Waals surface area contributed by atoms with Gasteiger partial charge in [-0.05, 0) is 19.0 Å². The van der Waals surface area contributed by atoms with Crippen LogP contribution in [0.2, 0.25) is 0 Å². The highest BCUT2D eigenvalue weighted by Crippen LogP contribution is 2.21. The molecule has 1 unspecified atom stereocenters. The number of hydrogen-bond donors (Lipinski definition) is 1. The van der Waals surface area contributed by atoms with E-state index >= 15 is 0 Å². The Balaban J connectivity index is 2.15. The van der Waals surface area contributed by atoms with Crippen molar-refractivity contribution in [3.8, 4) is 0 Å². The summed E-state index contributed by atoms with van der Waals surface area (Å²) < 4.78 is 4.57. The van der Waals surface area contributed by atoms with E-state index in [4.69, 9.17) is 0 Å². The molecular weight excluding hydrogens is 186 g/mol. The summed E-state index contributed by atoms with van der Waals surface area (Å²) in [5.41, 5.74) is 2.65. The molecule has 15 heavy (non-hydrogen) atoms. The smallest absolute Gasteiger partial charge is 0.230 e. The van der Waals surface area contributed by atoms with Crippen molar-refractivity contribution in [3.63, 3.8) is 0 Å². The maximum atomic E-state index is 3.41. The zero-order valence-corrected chi connectivity index (χ0v) is 8.98. The lowest BCUT2D eigenvalue weighted by Crippen LogP contribution is -2.27. The lowest BCUT2D eigenvalue weighted by atomic mass is 10.2. The molecule has 0 spiro atoms. The van der Waals surface area contributed by atoms with Gasteiger partial charge < -0.3 is 9.88 Å². The van der Waals surface area contributed by atoms with Crippen molar-refractivity contribution in [2.45, 2.75) is 12.5 Å². The van der Waals surface area contributed by atoms with Gasteiger partial charge in [0, 0.05) is 30.9 Å². The molecule has 0 radical (unpaired) electrons. The molecule has 3 rings (SSSR count). The lowest BCUT2D eigenvalue weighted by molar-refractivity contribution is -0.644. The van der Waals surface area contributed by atoms with E-state index in [9.17, 15) is 0 Å². The number of pyridine rings is 1. The second-order valence-electron chi connectivity index (χ2n) is 4.26. The zero-order valence-electron chi connectivity index (χ0n) is 8.98. The van der Waals surface area contributed by atoms with Crippen molar-refractivity contribution < 1.29 is 4.57 Å². The molecule has 3 heterocycles. The van der Waals surface area contributed by atoms with Crippen molar-refractivity contribution in [3.05, 3.63) is 30.6 Å². The highest BCUT2D eigenvalue weighted by atomic mass is 15.1. The van der Waals surface area contributed by atoms with E-state index in [1.165, 1.54) is 17.5 Å². The van der Waals surface area contributed by atoms with Gasteiger partial charge in [0.15, 0.2) is 6.20 Å². The molecule has 2 aromatic rings. The Bertz CT molecular complexity index is 481. The maximum Gasteiger partial charge on any atom is 0.230 e. The normalized spacial score (nSPS) is 21.3. The van der Waals surface area contributed by atoms with Crippen LogP contribution in [0.4, 0.5) is 0 Å². The van der Waals surface area contributed by atoms with Crippen molar-refractivity contribution in [2.75, 3.05) is 13.1 Å². The summed E-state index contributed by atoms with van der Waals surface area (Å²) in [7, 11) is 2.10. The molecule has 1 atom stereocenters. The molecule has 1 N–H and O–H groups in total. The second kappa shape index (κ2) is 3.35. The van der Waals surface area contributed by atoms with Gasteiger partial charge in [-0.15, -0.1) is 0 Å². The number of nitrogens with zero attached hydrogens (tertiary/aromatic N) is 2. The van der Waals surface area contributed by atoms with E-state index in [2.05, 4.69) is 52.1 Å². The molecule has 0 amide bonds. The van der Waals surface area contributed by atoms with Gasteiger partial charge in [-0.2, -0.15) is 4.57 Å². The summed E-state index contributed by atoms with van der Waals surface area (Å²) in [4.78, 5) is 0. The van der Waals surface area contributed by atoms with Crippen LogP contribution >= 0.6 is 0 Å². The molecule has 1 fully saturated rings. The predicted octanol–water partition coefficient (Wildman–Crippen LogP) is 1.00. The van der Waals surface area contributed by atoms with Gasteiger partial charge in [0.25, 0.3) is 0 Å². The third kappa shape index (κ3) is 1.35. The van der Waals surface area contributed by atoms with Crippen LogP contribution in [-0.4, -0.2) is 17.7 Å². The third-order valence-corrected chi connectivity index (χ3v) is 3.31. The Morgan fingerprint density at radius 3 is 3.20 bits per heavy atom. The van der Waals surface area contributed by atoms with E-state index in [1.807, 2.05) is 0 Å². The first-order chi connectivity index (χ1) is 7.36. The highest BCUT2D eigenvalue weighted by Gasteiger charge is 2.19. The Labute approximate surface area is 89.3 Å². The van der Waals surface area contributed by atoms with E-state index < -0.39 is 0 Å². The minimum atomic E-state index is 0.630. The average Bonchev–Trinajstić information content (AvgIpc) is 2.85. The molecule has 0 aromatic carbocycles. The Morgan fingerprint density at radius 2 is 2.40 bits per heavy atom. The summed E-state index contributed by atoms with van der Waals surface area (Å²) in [6.45, 7) is 2.24. The van der Waals surface area contributed by atoms with E-state index in [-0.39, 0.29) is 0 Å². The molecule has 3 heteroatoms. The number of fused-ring (bicyclic) bond motifs is 1. The van der Waals surface area contributed by atoms with Crippen LogP contribution in [0.1, 0.15) is 12.5 Å². The Morgan fingerprint density at radius 1 is 1.47 bits per heavy atom. The molecule has 1 aliphatic heterocycles. The number of nitrogens with one attached hydrogen (secondary N) is 1. The van der Waals surface area contributed by atoms with Crippen LogP contribution in [0.15, 0.2) is 30.6 Å². The first kappa shape index (κ1) is 8.92. The minimum absolute atomic E-state index is 0.630. The van der Waals surface area contributed by atoms with Crippen molar-refractivity contribution in [1.82, 2.24) is 9.88 Å². The molecule has 2 aromatic heterocycles. The molecule has 1 aliphatic rings. The van der Waals surface area contributed by atoms with Crippen LogP contribution in [0, 0.1) is 0 Å². The monoisotopic (exact) mass is 202 g/mol. The van der Waals surface area contributed by atoms with Crippen molar-refractivity contribution in [1.29, 1.82) is 0 Å². The standard InChI is InChI=1S/C12H16N3/c1-14-7-2-3-12-11(14)5-8-15(12)10-4-6-13-9-10/h2-3,5,7-8,10,13H,4,6,9H2,1H3/q+1. The van der Waals surface area contributed by atoms with Gasteiger partial charge in [0.2, 0.25) is 5.52 Å². The molecule has 3 nitrogen and oxygen atoms in total. The molecular formula is C12H16N3+. The SMILES string of the molecule is C[n+]1cccc2c1ccn2C1CCNC1. The fraction of sp³-hybridized carbons (Fsp3) is 0.417. The van der Waals surface area contributed by atoms with Gasteiger partial charge in [-0.3, -0.25) is 0 Å². The van der Waals surface area contributed by atoms with E-state index in [0.29, 0.717) is 6.04 Å². The summed E-state index contributed by atoms with van der Waals surface area (Å²) in [5, 5.41) is 3.41. The average molecular weight is 202 g/mol. The third-order valence-electron chi connectivity index (χ3n) is 3.31. The molecule has 0 aliphatic carbocycles. The Kier molecular flexibility index (Phi) is 1.99. The predicted molar refractivity (Wildman–Crippen MR) is 59.6 cm³/mol. The van der Waals surface area contributed by atoms with Crippen LogP contribution in [-0.2, 0) is 7.05 Å². The van der Waals surface area contributed by atoms with Gasteiger partial charge in [0.05, 0.1) is 0 Å². The van der Waals surface area contributed by atoms with Crippen molar-refractivity contribution >= 4 is 11.0 Å². The quantitative estimate of drug-likeness (QED) is 0.684. The van der Waals surface area contributed by atoms with Crippen LogP contribution < -0.4 is 9.88 Å². The fourth-order valence-electron chi connectivity index (χ4n) is 2.46. The first-order valence-corrected chi connectivity index (χ1v) is 5.52. The summed E-state index contributed by atoms with van der Waals surface area (Å²) in [5.74, 6) is 0. The first-order valence-electron chi connectivity index (χ1n) is 5.52. The van der Waals surface area contributed by atoms with Crippen LogP contribution in [0.3, 0.4) is 0 Å². The number of aryl methyl sites for hydroxylation is 1. The number of rotatable bonds is 1. The highest BCUT2D eigenvalue weighted by molar-refractivity contribution is 5.72. The zero-order chi connectivity index (χ0) is 10.3. The maximum absolute atomic E-state index is 3.41. The summed E-state index contributed by atoms with van der Waals surface area (Å²) in [6.07, 6.45) is 5.55. The molecule has 78 valence electrons.